The molecular weight excluding hydrogens is 293 g/mol. The largest absolute Gasteiger partial charge is 0.480 e. The molecule has 88 valence electrons. The van der Waals surface area contributed by atoms with Crippen LogP contribution in [0.15, 0.2) is 22.7 Å². The fourth-order valence-electron chi connectivity index (χ4n) is 1.53. The maximum Gasteiger partial charge on any atom is 0.328 e. The summed E-state index contributed by atoms with van der Waals surface area (Å²) in [5.41, 5.74) is -0.598. The number of hydrogen-bond donors (Lipinski definition) is 2. The molecule has 3 nitrogen and oxygen atoms in total. The molecule has 0 saturated carbocycles. The summed E-state index contributed by atoms with van der Waals surface area (Å²) < 4.78 is 0.825. The van der Waals surface area contributed by atoms with Crippen LogP contribution in [0, 0.1) is 0 Å². The lowest BCUT2D eigenvalue weighted by molar-refractivity contribution is -0.144. The lowest BCUT2D eigenvalue weighted by Gasteiger charge is -2.27. The number of benzene rings is 1. The first-order chi connectivity index (χ1) is 7.41. The van der Waals surface area contributed by atoms with Crippen LogP contribution in [0.1, 0.15) is 19.4 Å². The normalized spacial score (nSPS) is 14.5. The van der Waals surface area contributed by atoms with Gasteiger partial charge in [-0.25, -0.2) is 4.79 Å². The van der Waals surface area contributed by atoms with Gasteiger partial charge in [0, 0.05) is 15.1 Å². The second kappa shape index (κ2) is 5.17. The zero-order valence-electron chi connectivity index (χ0n) is 9.05. The molecule has 1 rings (SSSR count). The Hall–Kier alpha value is -0.580. The topological polar surface area (TPSA) is 49.3 Å². The summed E-state index contributed by atoms with van der Waals surface area (Å²) in [6.07, 6.45) is 0. The second-order valence-corrected chi connectivity index (χ2v) is 4.91. The molecule has 0 aliphatic rings. The summed E-state index contributed by atoms with van der Waals surface area (Å²) in [5, 5.41) is 12.6. The third-order valence-corrected chi connectivity index (χ3v) is 3.23. The highest BCUT2D eigenvalue weighted by molar-refractivity contribution is 9.10. The van der Waals surface area contributed by atoms with E-state index in [9.17, 15) is 9.90 Å². The first-order valence-corrected chi connectivity index (χ1v) is 6.03. The number of carboxylic acids is 1. The van der Waals surface area contributed by atoms with Gasteiger partial charge in [-0.05, 0) is 25.6 Å². The summed E-state index contributed by atoms with van der Waals surface area (Å²) in [7, 11) is 0. The second-order valence-electron chi connectivity index (χ2n) is 3.58. The minimum Gasteiger partial charge on any atom is -0.480 e. The highest BCUT2D eigenvalue weighted by atomic mass is 79.9. The first-order valence-electron chi connectivity index (χ1n) is 4.85. The van der Waals surface area contributed by atoms with Crippen molar-refractivity contribution in [3.8, 4) is 0 Å². The van der Waals surface area contributed by atoms with E-state index in [0.717, 1.165) is 4.47 Å². The van der Waals surface area contributed by atoms with Gasteiger partial charge in [-0.15, -0.1) is 0 Å². The molecule has 0 aliphatic heterocycles. The Morgan fingerprint density at radius 2 is 2.25 bits per heavy atom. The van der Waals surface area contributed by atoms with Crippen molar-refractivity contribution < 1.29 is 9.90 Å². The minimum atomic E-state index is -1.16. The average Bonchev–Trinajstić information content (AvgIpc) is 2.17. The first kappa shape index (κ1) is 13.5. The summed E-state index contributed by atoms with van der Waals surface area (Å²) >= 11 is 9.35. The highest BCUT2D eigenvalue weighted by Gasteiger charge is 2.35. The van der Waals surface area contributed by atoms with E-state index in [2.05, 4.69) is 21.2 Å². The number of carboxylic acid groups (broad SMARTS) is 1. The Labute approximate surface area is 108 Å². The lowest BCUT2D eigenvalue weighted by Crippen LogP contribution is -2.46. The van der Waals surface area contributed by atoms with Gasteiger partial charge in [-0.2, -0.15) is 0 Å². The van der Waals surface area contributed by atoms with Crippen LogP contribution < -0.4 is 5.32 Å². The van der Waals surface area contributed by atoms with Crippen LogP contribution in [-0.4, -0.2) is 17.6 Å². The Morgan fingerprint density at radius 3 is 2.69 bits per heavy atom. The SMILES string of the molecule is CCNC(C)(C(=O)O)c1ccc(Br)cc1Cl. The lowest BCUT2D eigenvalue weighted by atomic mass is 9.92. The molecule has 0 saturated heterocycles. The fourth-order valence-corrected chi connectivity index (χ4v) is 2.40. The molecular formula is C11H13BrClNO2. The molecule has 0 amide bonds. The Morgan fingerprint density at radius 1 is 1.62 bits per heavy atom. The predicted molar refractivity (Wildman–Crippen MR) is 67.8 cm³/mol. The monoisotopic (exact) mass is 305 g/mol. The van der Waals surface area contributed by atoms with Gasteiger partial charge in [0.15, 0.2) is 0 Å². The van der Waals surface area contributed by atoms with Crippen LogP contribution in [0.4, 0.5) is 0 Å². The molecule has 5 heteroatoms. The number of halogens is 2. The van der Waals surface area contributed by atoms with Gasteiger partial charge in [0.05, 0.1) is 0 Å². The highest BCUT2D eigenvalue weighted by Crippen LogP contribution is 2.30. The van der Waals surface area contributed by atoms with Gasteiger partial charge in [-0.1, -0.05) is 40.5 Å². The molecule has 0 spiro atoms. The number of hydrogen-bond acceptors (Lipinski definition) is 2. The molecule has 2 N–H and O–H groups in total. The maximum atomic E-state index is 11.3. The summed E-state index contributed by atoms with van der Waals surface area (Å²) in [6.45, 7) is 4.01. The average molecular weight is 307 g/mol. The molecule has 16 heavy (non-hydrogen) atoms. The van der Waals surface area contributed by atoms with Crippen LogP contribution in [0.2, 0.25) is 5.02 Å². The standard InChI is InChI=1S/C11H13BrClNO2/c1-3-14-11(2,10(15)16)8-5-4-7(12)6-9(8)13/h4-6,14H,3H2,1-2H3,(H,15,16). The van der Waals surface area contributed by atoms with Crippen molar-refractivity contribution in [1.29, 1.82) is 0 Å². The number of nitrogens with one attached hydrogen (secondary N) is 1. The van der Waals surface area contributed by atoms with Crippen molar-refractivity contribution in [2.24, 2.45) is 0 Å². The van der Waals surface area contributed by atoms with Gasteiger partial charge in [-0.3, -0.25) is 5.32 Å². The molecule has 0 aromatic heterocycles. The Bertz CT molecular complexity index is 411. The predicted octanol–water partition coefficient (Wildman–Crippen LogP) is 3.01. The quantitative estimate of drug-likeness (QED) is 0.899. The van der Waals surface area contributed by atoms with Crippen molar-refractivity contribution >= 4 is 33.5 Å². The van der Waals surface area contributed by atoms with E-state index >= 15 is 0 Å². The van der Waals surface area contributed by atoms with Crippen molar-refractivity contribution in [2.75, 3.05) is 6.54 Å². The molecule has 1 unspecified atom stereocenters. The van der Waals surface area contributed by atoms with Crippen molar-refractivity contribution in [1.82, 2.24) is 5.32 Å². The van der Waals surface area contributed by atoms with Crippen LogP contribution in [0.25, 0.3) is 0 Å². The molecule has 1 aromatic rings. The van der Waals surface area contributed by atoms with E-state index in [1.165, 1.54) is 0 Å². The van der Waals surface area contributed by atoms with E-state index < -0.39 is 11.5 Å². The van der Waals surface area contributed by atoms with E-state index in [0.29, 0.717) is 17.1 Å². The van der Waals surface area contributed by atoms with Crippen molar-refractivity contribution in [3.05, 3.63) is 33.3 Å². The minimum absolute atomic E-state index is 0.431. The molecule has 1 atom stereocenters. The Kier molecular flexibility index (Phi) is 4.35. The number of carbonyl (C=O) groups is 1. The third-order valence-electron chi connectivity index (χ3n) is 2.43. The maximum absolute atomic E-state index is 11.3. The van der Waals surface area contributed by atoms with Crippen LogP contribution in [0.5, 0.6) is 0 Å². The van der Waals surface area contributed by atoms with Crippen LogP contribution in [-0.2, 0) is 10.3 Å². The molecule has 0 aliphatic carbocycles. The molecule has 0 radical (unpaired) electrons. The molecule has 1 aromatic carbocycles. The molecule has 0 bridgehead atoms. The van der Waals surface area contributed by atoms with Gasteiger partial charge >= 0.3 is 5.97 Å². The number of likely N-dealkylation sites (N-methyl/N-ethyl adjacent to an activating group) is 1. The van der Waals surface area contributed by atoms with E-state index in [4.69, 9.17) is 11.6 Å². The third kappa shape index (κ3) is 2.56. The van der Waals surface area contributed by atoms with Gasteiger partial charge in [0.25, 0.3) is 0 Å². The molecule has 0 heterocycles. The van der Waals surface area contributed by atoms with Gasteiger partial charge < -0.3 is 5.11 Å². The Balaban J connectivity index is 3.26. The van der Waals surface area contributed by atoms with Crippen molar-refractivity contribution in [2.45, 2.75) is 19.4 Å². The summed E-state index contributed by atoms with van der Waals surface area (Å²) in [6, 6.07) is 5.18. The number of aliphatic carboxylic acids is 1. The fraction of sp³-hybridized carbons (Fsp3) is 0.364. The van der Waals surface area contributed by atoms with Crippen LogP contribution >= 0.6 is 27.5 Å². The molecule has 0 fully saturated rings. The van der Waals surface area contributed by atoms with E-state index in [-0.39, 0.29) is 0 Å². The summed E-state index contributed by atoms with van der Waals surface area (Å²) in [5.74, 6) is -0.946. The summed E-state index contributed by atoms with van der Waals surface area (Å²) in [4.78, 5) is 11.3. The van der Waals surface area contributed by atoms with Gasteiger partial charge in [0.2, 0.25) is 0 Å². The van der Waals surface area contributed by atoms with Crippen molar-refractivity contribution in [3.63, 3.8) is 0 Å². The smallest absolute Gasteiger partial charge is 0.328 e. The number of rotatable bonds is 4. The zero-order chi connectivity index (χ0) is 12.3. The van der Waals surface area contributed by atoms with E-state index in [1.807, 2.05) is 6.92 Å². The van der Waals surface area contributed by atoms with Gasteiger partial charge in [0.1, 0.15) is 5.54 Å². The van der Waals surface area contributed by atoms with E-state index in [1.54, 1.807) is 25.1 Å². The van der Waals surface area contributed by atoms with Crippen LogP contribution in [0.3, 0.4) is 0 Å². The zero-order valence-corrected chi connectivity index (χ0v) is 11.4.